The summed E-state index contributed by atoms with van der Waals surface area (Å²) in [6.07, 6.45) is 3.04. The zero-order chi connectivity index (χ0) is 15.0. The first-order valence-electron chi connectivity index (χ1n) is 7.46. The first kappa shape index (κ1) is 14.1. The highest BCUT2D eigenvalue weighted by molar-refractivity contribution is 5.92. The summed E-state index contributed by atoms with van der Waals surface area (Å²) in [5.41, 5.74) is 2.08. The number of hydrogen-bond acceptors (Lipinski definition) is 3. The lowest BCUT2D eigenvalue weighted by atomic mass is 10.0. The Bertz CT molecular complexity index is 677. The Morgan fingerprint density at radius 1 is 1.52 bits per heavy atom. The number of carboxylic acids is 1. The van der Waals surface area contributed by atoms with Gasteiger partial charge < -0.3 is 14.4 Å². The summed E-state index contributed by atoms with van der Waals surface area (Å²) in [6, 6.07) is 5.58. The molecule has 3 rings (SSSR count). The SMILES string of the molecule is CCc1nc2cc(C(=O)O)ccc2n1C1CCOC(C)C1. The standard InChI is InChI=1S/C16H20N2O3/c1-3-15-17-13-9-11(16(19)20)4-5-14(13)18(15)12-6-7-21-10(2)8-12/h4-5,9-10,12H,3,6-8H2,1-2H3,(H,19,20). The van der Waals surface area contributed by atoms with Crippen molar-refractivity contribution in [1.82, 2.24) is 9.55 Å². The average Bonchev–Trinajstić information content (AvgIpc) is 2.84. The van der Waals surface area contributed by atoms with E-state index < -0.39 is 5.97 Å². The van der Waals surface area contributed by atoms with Crippen LogP contribution in [0.15, 0.2) is 18.2 Å². The number of imidazole rings is 1. The summed E-state index contributed by atoms with van der Waals surface area (Å²) in [5.74, 6) is 0.107. The fourth-order valence-corrected chi connectivity index (χ4v) is 3.15. The molecule has 0 saturated carbocycles. The minimum absolute atomic E-state index is 0.254. The van der Waals surface area contributed by atoms with Gasteiger partial charge in [0, 0.05) is 19.1 Å². The highest BCUT2D eigenvalue weighted by Crippen LogP contribution is 2.31. The van der Waals surface area contributed by atoms with Gasteiger partial charge in [-0.3, -0.25) is 0 Å². The molecule has 2 atom stereocenters. The number of aryl methyl sites for hydroxylation is 1. The maximum atomic E-state index is 11.1. The topological polar surface area (TPSA) is 64.3 Å². The number of ether oxygens (including phenoxy) is 1. The van der Waals surface area contributed by atoms with Crippen molar-refractivity contribution in [3.63, 3.8) is 0 Å². The average molecular weight is 288 g/mol. The van der Waals surface area contributed by atoms with Crippen LogP contribution >= 0.6 is 0 Å². The van der Waals surface area contributed by atoms with E-state index in [9.17, 15) is 4.79 Å². The van der Waals surface area contributed by atoms with Crippen molar-refractivity contribution in [3.8, 4) is 0 Å². The number of hydrogen-bond donors (Lipinski definition) is 1. The van der Waals surface area contributed by atoms with Gasteiger partial charge in [-0.1, -0.05) is 6.92 Å². The first-order valence-corrected chi connectivity index (χ1v) is 7.46. The lowest BCUT2D eigenvalue weighted by Gasteiger charge is -2.29. The molecule has 21 heavy (non-hydrogen) atoms. The van der Waals surface area contributed by atoms with Gasteiger partial charge in [-0.15, -0.1) is 0 Å². The minimum Gasteiger partial charge on any atom is -0.478 e. The highest BCUT2D eigenvalue weighted by atomic mass is 16.5. The molecule has 0 amide bonds. The molecule has 5 heteroatoms. The Hall–Kier alpha value is -1.88. The minimum atomic E-state index is -0.913. The fraction of sp³-hybridized carbons (Fsp3) is 0.500. The van der Waals surface area contributed by atoms with Crippen molar-refractivity contribution in [2.24, 2.45) is 0 Å². The molecule has 2 aromatic rings. The quantitative estimate of drug-likeness (QED) is 0.942. The number of aromatic carboxylic acids is 1. The fourth-order valence-electron chi connectivity index (χ4n) is 3.15. The van der Waals surface area contributed by atoms with Gasteiger partial charge in [0.2, 0.25) is 0 Å². The molecular formula is C16H20N2O3. The van der Waals surface area contributed by atoms with Gasteiger partial charge in [0.25, 0.3) is 0 Å². The molecule has 0 bridgehead atoms. The summed E-state index contributed by atoms with van der Waals surface area (Å²) in [4.78, 5) is 15.7. The van der Waals surface area contributed by atoms with Gasteiger partial charge in [0.05, 0.1) is 22.7 Å². The van der Waals surface area contributed by atoms with E-state index in [1.807, 2.05) is 6.07 Å². The van der Waals surface area contributed by atoms with Crippen LogP contribution in [0.3, 0.4) is 0 Å². The third-order valence-electron chi connectivity index (χ3n) is 4.15. The second-order valence-corrected chi connectivity index (χ2v) is 5.62. The number of benzene rings is 1. The highest BCUT2D eigenvalue weighted by Gasteiger charge is 2.24. The third kappa shape index (κ3) is 2.53. The summed E-state index contributed by atoms with van der Waals surface area (Å²) in [7, 11) is 0. The predicted octanol–water partition coefficient (Wildman–Crippen LogP) is 3.04. The molecule has 1 N–H and O–H groups in total. The van der Waals surface area contributed by atoms with Crippen LogP contribution in [-0.4, -0.2) is 33.3 Å². The van der Waals surface area contributed by atoms with Crippen molar-refractivity contribution in [2.75, 3.05) is 6.61 Å². The van der Waals surface area contributed by atoms with Crippen molar-refractivity contribution in [3.05, 3.63) is 29.6 Å². The van der Waals surface area contributed by atoms with Crippen LogP contribution in [0.2, 0.25) is 0 Å². The third-order valence-corrected chi connectivity index (χ3v) is 4.15. The summed E-state index contributed by atoms with van der Waals surface area (Å²) < 4.78 is 7.91. The molecule has 1 aliphatic rings. The van der Waals surface area contributed by atoms with E-state index in [-0.39, 0.29) is 11.7 Å². The summed E-state index contributed by atoms with van der Waals surface area (Å²) in [5, 5.41) is 9.11. The molecule has 0 spiro atoms. The normalized spacial score (nSPS) is 22.6. The summed E-state index contributed by atoms with van der Waals surface area (Å²) in [6.45, 7) is 4.94. The van der Waals surface area contributed by atoms with Crippen LogP contribution < -0.4 is 0 Å². The summed E-state index contributed by atoms with van der Waals surface area (Å²) >= 11 is 0. The van der Waals surface area contributed by atoms with Crippen LogP contribution in [0.5, 0.6) is 0 Å². The molecule has 5 nitrogen and oxygen atoms in total. The first-order chi connectivity index (χ1) is 10.1. The number of nitrogens with zero attached hydrogens (tertiary/aromatic N) is 2. The molecule has 0 radical (unpaired) electrons. The predicted molar refractivity (Wildman–Crippen MR) is 79.8 cm³/mol. The van der Waals surface area contributed by atoms with E-state index >= 15 is 0 Å². The Labute approximate surface area is 123 Å². The molecule has 1 aromatic carbocycles. The number of rotatable bonds is 3. The van der Waals surface area contributed by atoms with Gasteiger partial charge in [-0.05, 0) is 38.0 Å². The Kier molecular flexibility index (Phi) is 3.68. The zero-order valence-corrected chi connectivity index (χ0v) is 12.4. The number of aromatic nitrogens is 2. The molecule has 1 aromatic heterocycles. The van der Waals surface area contributed by atoms with E-state index in [1.54, 1.807) is 12.1 Å². The smallest absolute Gasteiger partial charge is 0.335 e. The van der Waals surface area contributed by atoms with Crippen LogP contribution in [0.1, 0.15) is 48.9 Å². The molecule has 1 saturated heterocycles. The van der Waals surface area contributed by atoms with Crippen molar-refractivity contribution >= 4 is 17.0 Å². The molecule has 1 fully saturated rings. The molecule has 2 unspecified atom stereocenters. The second-order valence-electron chi connectivity index (χ2n) is 5.62. The van der Waals surface area contributed by atoms with Crippen molar-refractivity contribution < 1.29 is 14.6 Å². The molecule has 2 heterocycles. The van der Waals surface area contributed by atoms with Crippen LogP contribution in [-0.2, 0) is 11.2 Å². The largest absolute Gasteiger partial charge is 0.478 e. The molecule has 112 valence electrons. The van der Waals surface area contributed by atoms with Gasteiger partial charge >= 0.3 is 5.97 Å². The van der Waals surface area contributed by atoms with E-state index in [0.717, 1.165) is 42.7 Å². The molecular weight excluding hydrogens is 268 g/mol. The van der Waals surface area contributed by atoms with Gasteiger partial charge in [-0.25, -0.2) is 9.78 Å². The van der Waals surface area contributed by atoms with E-state index in [4.69, 9.17) is 9.84 Å². The maximum absolute atomic E-state index is 11.1. The van der Waals surface area contributed by atoms with Gasteiger partial charge in [0.1, 0.15) is 5.82 Å². The van der Waals surface area contributed by atoms with E-state index in [2.05, 4.69) is 23.4 Å². The molecule has 0 aliphatic carbocycles. The monoisotopic (exact) mass is 288 g/mol. The number of carbonyl (C=O) groups is 1. The van der Waals surface area contributed by atoms with E-state index in [0.29, 0.717) is 6.04 Å². The second kappa shape index (κ2) is 5.48. The maximum Gasteiger partial charge on any atom is 0.335 e. The van der Waals surface area contributed by atoms with Crippen molar-refractivity contribution in [2.45, 2.75) is 45.3 Å². The van der Waals surface area contributed by atoms with Crippen LogP contribution in [0.4, 0.5) is 0 Å². The van der Waals surface area contributed by atoms with Gasteiger partial charge in [-0.2, -0.15) is 0 Å². The van der Waals surface area contributed by atoms with E-state index in [1.165, 1.54) is 0 Å². The van der Waals surface area contributed by atoms with Crippen LogP contribution in [0.25, 0.3) is 11.0 Å². The van der Waals surface area contributed by atoms with Gasteiger partial charge in [0.15, 0.2) is 0 Å². The number of carboxylic acid groups (broad SMARTS) is 1. The Balaban J connectivity index is 2.09. The lowest BCUT2D eigenvalue weighted by molar-refractivity contribution is 0.00625. The Morgan fingerprint density at radius 3 is 3.00 bits per heavy atom. The van der Waals surface area contributed by atoms with Crippen molar-refractivity contribution in [1.29, 1.82) is 0 Å². The van der Waals surface area contributed by atoms with Crippen LogP contribution in [0, 0.1) is 0 Å². The number of fused-ring (bicyclic) bond motifs is 1. The Morgan fingerprint density at radius 2 is 2.33 bits per heavy atom. The lowest BCUT2D eigenvalue weighted by Crippen LogP contribution is -2.26. The molecule has 1 aliphatic heterocycles. The zero-order valence-electron chi connectivity index (χ0n) is 12.4.